The molecule has 3 rings (SSSR count). The zero-order valence-corrected chi connectivity index (χ0v) is 27.5. The third kappa shape index (κ3) is 11.4. The molecule has 2 amide bonds. The van der Waals surface area contributed by atoms with Gasteiger partial charge in [0, 0.05) is 37.6 Å². The van der Waals surface area contributed by atoms with Gasteiger partial charge in [0.2, 0.25) is 11.8 Å². The second-order valence-corrected chi connectivity index (χ2v) is 15.0. The van der Waals surface area contributed by atoms with Crippen LogP contribution in [0.2, 0.25) is 0 Å². The van der Waals surface area contributed by atoms with Crippen LogP contribution in [0.15, 0.2) is 11.3 Å². The molecule has 5 atom stereocenters. The number of phosphoric acid groups is 2. The van der Waals surface area contributed by atoms with E-state index in [1.807, 2.05) is 0 Å². The first-order chi connectivity index (χ1) is 21.0. The van der Waals surface area contributed by atoms with Crippen LogP contribution in [-0.4, -0.2) is 98.1 Å². The zero-order valence-electron chi connectivity index (χ0n) is 24.9. The Morgan fingerprint density at radius 3 is 2.64 bits per heavy atom. The lowest BCUT2D eigenvalue weighted by molar-refractivity contribution is -0.137. The maximum Gasteiger partial charge on any atom is 0.481 e. The average Bonchev–Trinajstić information content (AvgIpc) is 3.60. The molecule has 2 aliphatic heterocycles. The molecule has 0 saturated carbocycles. The number of thioether (sulfide) groups is 1. The molecule has 0 spiro atoms. The van der Waals surface area contributed by atoms with Crippen molar-refractivity contribution in [1.82, 2.24) is 20.2 Å². The van der Waals surface area contributed by atoms with Gasteiger partial charge in [0.1, 0.15) is 36.3 Å². The van der Waals surface area contributed by atoms with Crippen LogP contribution in [0, 0.1) is 5.41 Å². The number of hydrogen-bond donors (Lipinski definition) is 7. The Hall–Kier alpha value is -2.38. The highest BCUT2D eigenvalue weighted by Crippen LogP contribution is 2.61. The minimum atomic E-state index is -5.21. The molecule has 1 saturated heterocycles. The van der Waals surface area contributed by atoms with Crippen molar-refractivity contribution in [2.45, 2.75) is 58.5 Å². The standard InChI is InChI=1S/C23H39N7O12P2S/c1-14(31)45-9-8-25-16(32)6-7-26-22(34)19(33)23(2,3)11-40-44(37,38)42-43(35,36)39-10-15-4-5-17(41-15)30-13-29-18-20(24)27-12-28-21(18)30/h13,15,17,19,28,33H,4-12H2,1-3H3,(H2,24,27)(H,25,32)(H,26,34)(H,35,36)(H,37,38). The topological polar surface area (TPSA) is 275 Å². The van der Waals surface area contributed by atoms with Crippen LogP contribution in [0.4, 0.5) is 5.82 Å². The van der Waals surface area contributed by atoms with E-state index in [9.17, 15) is 38.4 Å². The summed E-state index contributed by atoms with van der Waals surface area (Å²) in [5.41, 5.74) is 4.86. The smallest absolute Gasteiger partial charge is 0.383 e. The third-order valence-electron chi connectivity index (χ3n) is 6.53. The molecule has 0 aliphatic carbocycles. The number of carbonyl (C=O) groups is 3. The molecule has 1 aromatic heterocycles. The summed E-state index contributed by atoms with van der Waals surface area (Å²) in [5, 5.41) is 18.4. The summed E-state index contributed by atoms with van der Waals surface area (Å²) in [7, 11) is -10.3. The van der Waals surface area contributed by atoms with Gasteiger partial charge in [0.05, 0.1) is 25.6 Å². The highest BCUT2D eigenvalue weighted by atomic mass is 32.2. The Kier molecular flexibility index (Phi) is 13.1. The van der Waals surface area contributed by atoms with Gasteiger partial charge in [0.15, 0.2) is 5.12 Å². The van der Waals surface area contributed by atoms with Crippen molar-refractivity contribution < 1.29 is 56.5 Å². The number of hydrogen-bond acceptors (Lipinski definition) is 15. The van der Waals surface area contributed by atoms with E-state index in [0.29, 0.717) is 30.1 Å². The second-order valence-electron chi connectivity index (χ2n) is 10.7. The molecule has 2 aliphatic rings. The van der Waals surface area contributed by atoms with Crippen molar-refractivity contribution in [3.05, 3.63) is 12.0 Å². The lowest BCUT2D eigenvalue weighted by atomic mass is 9.87. The third-order valence-corrected chi connectivity index (χ3v) is 9.92. The van der Waals surface area contributed by atoms with Crippen LogP contribution >= 0.6 is 27.4 Å². The quantitative estimate of drug-likeness (QED) is 0.0844. The number of amides is 2. The predicted octanol–water partition coefficient (Wildman–Crippen LogP) is 0.189. The molecule has 45 heavy (non-hydrogen) atoms. The number of nitrogens with two attached hydrogens (primary N) is 1. The van der Waals surface area contributed by atoms with E-state index in [-0.39, 0.29) is 43.0 Å². The van der Waals surface area contributed by atoms with Crippen LogP contribution in [0.3, 0.4) is 0 Å². The molecule has 1 aromatic rings. The largest absolute Gasteiger partial charge is 0.481 e. The summed E-state index contributed by atoms with van der Waals surface area (Å²) < 4.78 is 46.4. The molecule has 0 bridgehead atoms. The van der Waals surface area contributed by atoms with Crippen molar-refractivity contribution in [3.8, 4) is 0 Å². The average molecular weight is 700 g/mol. The molecule has 19 nitrogen and oxygen atoms in total. The molecule has 0 radical (unpaired) electrons. The summed E-state index contributed by atoms with van der Waals surface area (Å²) in [6.07, 6.45) is -0.523. The summed E-state index contributed by atoms with van der Waals surface area (Å²) in [6, 6.07) is 0. The number of fused-ring (bicyclic) bond motifs is 1. The van der Waals surface area contributed by atoms with Gasteiger partial charge in [-0.3, -0.25) is 28.0 Å². The Bertz CT molecular complexity index is 1360. The minimum absolute atomic E-state index is 0.0745. The minimum Gasteiger partial charge on any atom is -0.383 e. The second kappa shape index (κ2) is 15.9. The molecule has 3 heterocycles. The maximum absolute atomic E-state index is 12.4. The van der Waals surface area contributed by atoms with Gasteiger partial charge in [0.25, 0.3) is 0 Å². The number of aliphatic imine (C=N–C) groups is 1. The Balaban J connectivity index is 1.39. The van der Waals surface area contributed by atoms with Crippen LogP contribution in [0.25, 0.3) is 0 Å². The molecular formula is C23H39N7O12P2S. The van der Waals surface area contributed by atoms with Crippen LogP contribution in [-0.2, 0) is 41.6 Å². The first-order valence-corrected chi connectivity index (χ1v) is 17.8. The normalized spacial score (nSPS) is 21.4. The summed E-state index contributed by atoms with van der Waals surface area (Å²) in [5.74, 6) is 0.0540. The first-order valence-electron chi connectivity index (χ1n) is 13.8. The summed E-state index contributed by atoms with van der Waals surface area (Å²) in [4.78, 5) is 63.4. The van der Waals surface area contributed by atoms with E-state index >= 15 is 0 Å². The number of anilines is 1. The molecule has 1 fully saturated rings. The Labute approximate surface area is 263 Å². The number of aliphatic hydroxyl groups excluding tert-OH is 1. The summed E-state index contributed by atoms with van der Waals surface area (Å²) >= 11 is 1.06. The van der Waals surface area contributed by atoms with Gasteiger partial charge < -0.3 is 41.3 Å². The van der Waals surface area contributed by atoms with Crippen molar-refractivity contribution in [2.24, 2.45) is 16.1 Å². The molecular weight excluding hydrogens is 660 g/mol. The fourth-order valence-corrected chi connectivity index (χ4v) is 6.90. The van der Waals surface area contributed by atoms with Gasteiger partial charge in [-0.25, -0.2) is 19.1 Å². The number of aliphatic hydroxyl groups is 1. The Morgan fingerprint density at radius 1 is 1.22 bits per heavy atom. The molecule has 22 heteroatoms. The Morgan fingerprint density at radius 2 is 1.93 bits per heavy atom. The lowest BCUT2D eigenvalue weighted by Gasteiger charge is -2.30. The SMILES string of the molecule is CC(=O)SCCNC(=O)CCNC(=O)C(O)C(C)(C)COP(=O)(O)OP(=O)(O)OCC1CCC(n2cnc3c2NCN=C3N)O1. The molecule has 8 N–H and O–H groups in total. The fraction of sp³-hybridized carbons (Fsp3) is 0.696. The summed E-state index contributed by atoms with van der Waals surface area (Å²) in [6.45, 7) is 3.34. The number of ether oxygens (including phenoxy) is 1. The maximum atomic E-state index is 12.4. The lowest BCUT2D eigenvalue weighted by Crippen LogP contribution is -2.46. The van der Waals surface area contributed by atoms with E-state index in [1.165, 1.54) is 27.1 Å². The van der Waals surface area contributed by atoms with E-state index in [4.69, 9.17) is 19.5 Å². The number of imidazole rings is 1. The van der Waals surface area contributed by atoms with E-state index < -0.39 is 58.6 Å². The van der Waals surface area contributed by atoms with E-state index in [1.54, 1.807) is 4.57 Å². The number of phosphoric ester groups is 2. The molecule has 254 valence electrons. The van der Waals surface area contributed by atoms with E-state index in [2.05, 4.69) is 30.2 Å². The van der Waals surface area contributed by atoms with Gasteiger partial charge in [-0.2, -0.15) is 4.31 Å². The number of nitrogens with zero attached hydrogens (tertiary/aromatic N) is 3. The van der Waals surface area contributed by atoms with Gasteiger partial charge in [-0.15, -0.1) is 0 Å². The number of aromatic nitrogens is 2. The molecule has 0 aromatic carbocycles. The van der Waals surface area contributed by atoms with Crippen molar-refractivity contribution in [2.75, 3.05) is 44.0 Å². The van der Waals surface area contributed by atoms with Crippen LogP contribution < -0.4 is 21.7 Å². The van der Waals surface area contributed by atoms with Crippen molar-refractivity contribution >= 4 is 56.0 Å². The van der Waals surface area contributed by atoms with Crippen LogP contribution in [0.1, 0.15) is 52.0 Å². The number of rotatable bonds is 17. The van der Waals surface area contributed by atoms with Gasteiger partial charge >= 0.3 is 15.6 Å². The first kappa shape index (κ1) is 37.1. The highest BCUT2D eigenvalue weighted by molar-refractivity contribution is 8.13. The predicted molar refractivity (Wildman–Crippen MR) is 161 cm³/mol. The zero-order chi connectivity index (χ0) is 33.4. The highest BCUT2D eigenvalue weighted by Gasteiger charge is 2.41. The van der Waals surface area contributed by atoms with Crippen molar-refractivity contribution in [1.29, 1.82) is 0 Å². The van der Waals surface area contributed by atoms with Gasteiger partial charge in [-0.1, -0.05) is 25.6 Å². The van der Waals surface area contributed by atoms with Gasteiger partial charge in [-0.05, 0) is 12.8 Å². The number of carbonyl (C=O) groups excluding carboxylic acids is 3. The number of nitrogens with one attached hydrogen (secondary N) is 3. The monoisotopic (exact) mass is 699 g/mol. The fourth-order valence-electron chi connectivity index (χ4n) is 4.14. The molecule has 5 unspecified atom stereocenters. The number of amidine groups is 1. The van der Waals surface area contributed by atoms with Crippen LogP contribution in [0.5, 0.6) is 0 Å². The van der Waals surface area contributed by atoms with E-state index in [0.717, 1.165) is 11.8 Å². The van der Waals surface area contributed by atoms with Crippen molar-refractivity contribution in [3.63, 3.8) is 0 Å².